The molecule has 0 spiro atoms. The number of nitrogens with one attached hydrogen (secondary N) is 1. The molecule has 0 fully saturated rings. The second-order valence-corrected chi connectivity index (χ2v) is 6.60. The first-order valence-electron chi connectivity index (χ1n) is 8.38. The minimum absolute atomic E-state index is 0.123. The fraction of sp³-hybridized carbons (Fsp3) is 0.150. The molecule has 1 amide bonds. The number of hydrogen-bond donors (Lipinski definition) is 1. The summed E-state index contributed by atoms with van der Waals surface area (Å²) in [6.45, 7) is 2.61. The number of fused-ring (bicyclic) bond motifs is 1. The molecule has 1 aliphatic rings. The molecule has 1 aromatic heterocycles. The molecule has 0 aliphatic carbocycles. The third-order valence-corrected chi connectivity index (χ3v) is 4.84. The van der Waals surface area contributed by atoms with Crippen molar-refractivity contribution in [2.24, 2.45) is 0 Å². The minimum atomic E-state index is -0.123. The first-order chi connectivity index (χ1) is 12.6. The maximum atomic E-state index is 12.9. The van der Waals surface area contributed by atoms with E-state index in [0.29, 0.717) is 23.2 Å². The topological polar surface area (TPSA) is 58.1 Å². The zero-order valence-corrected chi connectivity index (χ0v) is 15.0. The highest BCUT2D eigenvalue weighted by molar-refractivity contribution is 6.31. The average Bonchev–Trinajstić information content (AvgIpc) is 3.08. The third-order valence-electron chi connectivity index (χ3n) is 4.43. The first-order valence-corrected chi connectivity index (χ1v) is 8.75. The number of amides is 1. The Hall–Kier alpha value is -2.92. The van der Waals surface area contributed by atoms with Crippen molar-refractivity contribution in [1.82, 2.24) is 9.97 Å². The third kappa shape index (κ3) is 3.13. The van der Waals surface area contributed by atoms with Gasteiger partial charge in [0.1, 0.15) is 5.69 Å². The predicted molar refractivity (Wildman–Crippen MR) is 103 cm³/mol. The van der Waals surface area contributed by atoms with Crippen molar-refractivity contribution in [3.05, 3.63) is 76.6 Å². The molecule has 26 heavy (non-hydrogen) atoms. The Labute approximate surface area is 156 Å². The quantitative estimate of drug-likeness (QED) is 0.749. The molecule has 0 bridgehead atoms. The number of halogens is 1. The molecule has 1 aliphatic heterocycles. The Morgan fingerprint density at radius 3 is 2.88 bits per heavy atom. The van der Waals surface area contributed by atoms with Crippen molar-refractivity contribution in [3.63, 3.8) is 0 Å². The summed E-state index contributed by atoms with van der Waals surface area (Å²) >= 11 is 6.15. The molecule has 6 heteroatoms. The van der Waals surface area contributed by atoms with Crippen molar-refractivity contribution in [2.75, 3.05) is 16.8 Å². The predicted octanol–water partition coefficient (Wildman–Crippen LogP) is 4.38. The van der Waals surface area contributed by atoms with Crippen LogP contribution >= 0.6 is 11.6 Å². The number of carbonyl (C=O) groups excluding carboxylic acids is 1. The van der Waals surface area contributed by atoms with E-state index in [1.807, 2.05) is 43.3 Å². The summed E-state index contributed by atoms with van der Waals surface area (Å²) in [4.78, 5) is 23.3. The van der Waals surface area contributed by atoms with Gasteiger partial charge in [0.25, 0.3) is 5.91 Å². The Bertz CT molecular complexity index is 989. The Morgan fingerprint density at radius 1 is 1.19 bits per heavy atom. The summed E-state index contributed by atoms with van der Waals surface area (Å²) in [7, 11) is 0. The number of aryl methyl sites for hydroxylation is 1. The van der Waals surface area contributed by atoms with Gasteiger partial charge in [-0.1, -0.05) is 35.9 Å². The second-order valence-electron chi connectivity index (χ2n) is 6.19. The number of benzene rings is 2. The maximum Gasteiger partial charge on any atom is 0.277 e. The zero-order chi connectivity index (χ0) is 18.1. The largest absolute Gasteiger partial charge is 0.324 e. The van der Waals surface area contributed by atoms with Gasteiger partial charge in [-0.3, -0.25) is 4.79 Å². The van der Waals surface area contributed by atoms with Gasteiger partial charge in [-0.15, -0.1) is 0 Å². The van der Waals surface area contributed by atoms with Gasteiger partial charge in [0, 0.05) is 29.1 Å². The number of rotatable bonds is 3. The van der Waals surface area contributed by atoms with Crippen LogP contribution in [0.4, 0.5) is 17.3 Å². The van der Waals surface area contributed by atoms with Crippen LogP contribution in [-0.4, -0.2) is 22.4 Å². The van der Waals surface area contributed by atoms with Gasteiger partial charge in [-0.2, -0.15) is 0 Å². The van der Waals surface area contributed by atoms with Crippen LogP contribution in [0.2, 0.25) is 5.02 Å². The molecule has 0 atom stereocenters. The van der Waals surface area contributed by atoms with Crippen LogP contribution in [0.15, 0.2) is 54.7 Å². The van der Waals surface area contributed by atoms with E-state index in [-0.39, 0.29) is 5.91 Å². The van der Waals surface area contributed by atoms with Gasteiger partial charge in [0.05, 0.1) is 0 Å². The van der Waals surface area contributed by atoms with Crippen molar-refractivity contribution >= 4 is 34.8 Å². The van der Waals surface area contributed by atoms with Crippen molar-refractivity contribution in [1.29, 1.82) is 0 Å². The molecule has 4 rings (SSSR count). The van der Waals surface area contributed by atoms with Gasteiger partial charge in [-0.05, 0) is 48.7 Å². The Balaban J connectivity index is 1.58. The molecule has 0 radical (unpaired) electrons. The summed E-state index contributed by atoms with van der Waals surface area (Å²) in [6, 6.07) is 15.2. The van der Waals surface area contributed by atoms with E-state index >= 15 is 0 Å². The highest BCUT2D eigenvalue weighted by Crippen LogP contribution is 2.28. The van der Waals surface area contributed by atoms with Gasteiger partial charge < -0.3 is 10.2 Å². The van der Waals surface area contributed by atoms with Crippen LogP contribution in [0, 0.1) is 6.92 Å². The van der Waals surface area contributed by atoms with E-state index < -0.39 is 0 Å². The second kappa shape index (κ2) is 6.77. The molecule has 0 saturated heterocycles. The highest BCUT2D eigenvalue weighted by atomic mass is 35.5. The van der Waals surface area contributed by atoms with Crippen LogP contribution in [-0.2, 0) is 6.42 Å². The van der Waals surface area contributed by atoms with Crippen molar-refractivity contribution in [2.45, 2.75) is 13.3 Å². The number of carbonyl (C=O) groups is 1. The Kier molecular flexibility index (Phi) is 4.31. The summed E-state index contributed by atoms with van der Waals surface area (Å²) < 4.78 is 0. The van der Waals surface area contributed by atoms with Gasteiger partial charge >= 0.3 is 0 Å². The number of nitrogens with zero attached hydrogens (tertiary/aromatic N) is 3. The van der Waals surface area contributed by atoms with Gasteiger partial charge in [-0.25, -0.2) is 9.97 Å². The number of para-hydroxylation sites is 1. The lowest BCUT2D eigenvalue weighted by Crippen LogP contribution is -2.29. The maximum absolute atomic E-state index is 12.9. The van der Waals surface area contributed by atoms with Crippen LogP contribution < -0.4 is 10.2 Å². The molecular weight excluding hydrogens is 348 g/mol. The SMILES string of the molecule is Cc1ccc(Nc2nccc(C(=O)N3CCc4ccccc43)n2)cc1Cl. The summed E-state index contributed by atoms with van der Waals surface area (Å²) in [5, 5.41) is 3.76. The molecule has 2 aromatic carbocycles. The van der Waals surface area contributed by atoms with Gasteiger partial charge in [0.15, 0.2) is 0 Å². The van der Waals surface area contributed by atoms with E-state index in [2.05, 4.69) is 21.4 Å². The van der Waals surface area contributed by atoms with Crippen LogP contribution in [0.1, 0.15) is 21.6 Å². The molecule has 1 N–H and O–H groups in total. The summed E-state index contributed by atoms with van der Waals surface area (Å²) in [5.74, 6) is 0.241. The molecular formula is C20H17ClN4O. The van der Waals surface area contributed by atoms with E-state index in [9.17, 15) is 4.79 Å². The van der Waals surface area contributed by atoms with Crippen molar-refractivity contribution < 1.29 is 4.79 Å². The molecule has 130 valence electrons. The van der Waals surface area contributed by atoms with Gasteiger partial charge in [0.2, 0.25) is 5.95 Å². The number of anilines is 3. The standard InChI is InChI=1S/C20H17ClN4O/c1-13-6-7-15(12-16(13)21)23-20-22-10-8-17(24-20)19(26)25-11-9-14-4-2-3-5-18(14)25/h2-8,10,12H,9,11H2,1H3,(H,22,23,24). The van der Waals surface area contributed by atoms with Crippen LogP contribution in [0.5, 0.6) is 0 Å². The summed E-state index contributed by atoms with van der Waals surface area (Å²) in [5.41, 5.74) is 4.27. The zero-order valence-electron chi connectivity index (χ0n) is 14.2. The molecule has 3 aromatic rings. The molecule has 2 heterocycles. The van der Waals surface area contributed by atoms with Crippen LogP contribution in [0.3, 0.4) is 0 Å². The fourth-order valence-corrected chi connectivity index (χ4v) is 3.21. The number of hydrogen-bond acceptors (Lipinski definition) is 4. The molecule has 0 unspecified atom stereocenters. The lowest BCUT2D eigenvalue weighted by Gasteiger charge is -2.17. The van der Waals surface area contributed by atoms with Crippen LogP contribution in [0.25, 0.3) is 0 Å². The minimum Gasteiger partial charge on any atom is -0.324 e. The fourth-order valence-electron chi connectivity index (χ4n) is 3.03. The van der Waals surface area contributed by atoms with E-state index in [4.69, 9.17) is 11.6 Å². The van der Waals surface area contributed by atoms with E-state index in [1.165, 1.54) is 5.56 Å². The highest BCUT2D eigenvalue weighted by Gasteiger charge is 2.26. The van der Waals surface area contributed by atoms with E-state index in [0.717, 1.165) is 23.4 Å². The number of aromatic nitrogens is 2. The lowest BCUT2D eigenvalue weighted by atomic mass is 10.2. The smallest absolute Gasteiger partial charge is 0.277 e. The average molecular weight is 365 g/mol. The first kappa shape index (κ1) is 16.5. The molecule has 5 nitrogen and oxygen atoms in total. The summed E-state index contributed by atoms with van der Waals surface area (Å²) in [6.07, 6.45) is 2.44. The van der Waals surface area contributed by atoms with Crippen molar-refractivity contribution in [3.8, 4) is 0 Å². The Morgan fingerprint density at radius 2 is 2.04 bits per heavy atom. The lowest BCUT2D eigenvalue weighted by molar-refractivity contribution is 0.0984. The monoisotopic (exact) mass is 364 g/mol. The normalized spacial score (nSPS) is 12.8. The van der Waals surface area contributed by atoms with E-state index in [1.54, 1.807) is 17.2 Å². The molecule has 0 saturated carbocycles.